The molecule has 0 fully saturated rings. The van der Waals surface area contributed by atoms with Gasteiger partial charge in [-0.25, -0.2) is 4.98 Å². The zero-order valence-corrected chi connectivity index (χ0v) is 11.3. The van der Waals surface area contributed by atoms with Crippen LogP contribution in [0.1, 0.15) is 33.6 Å². The largest absolute Gasteiger partial charge is 0.379 e. The second kappa shape index (κ2) is 8.12. The van der Waals surface area contributed by atoms with Gasteiger partial charge < -0.3 is 14.6 Å². The maximum atomic E-state index is 5.57. The molecule has 1 heterocycles. The number of hydrogen-bond acceptors (Lipinski definition) is 3. The van der Waals surface area contributed by atoms with Crippen molar-refractivity contribution < 1.29 is 4.74 Å². The molecule has 0 aliphatic rings. The van der Waals surface area contributed by atoms with Crippen molar-refractivity contribution in [3.8, 4) is 0 Å². The molecule has 1 N–H and O–H groups in total. The zero-order valence-electron chi connectivity index (χ0n) is 11.3. The number of ether oxygens (including phenoxy) is 1. The van der Waals surface area contributed by atoms with E-state index in [-0.39, 0.29) is 0 Å². The Hall–Kier alpha value is -1.03. The number of imidazole rings is 1. The number of unbranched alkanes of at least 4 members (excludes halogenated alkanes) is 1. The van der Waals surface area contributed by atoms with E-state index in [0.717, 1.165) is 32.3 Å². The van der Waals surface area contributed by atoms with Crippen molar-refractivity contribution in [3.63, 3.8) is 0 Å². The van der Waals surface area contributed by atoms with Crippen LogP contribution in [-0.2, 0) is 11.3 Å². The second-order valence-electron chi connectivity index (χ2n) is 4.69. The molecule has 0 atom stereocenters. The van der Waals surface area contributed by atoms with Crippen LogP contribution in [0.25, 0.3) is 0 Å². The quantitative estimate of drug-likeness (QED) is 0.673. The number of rotatable bonds is 9. The molecule has 1 aromatic rings. The van der Waals surface area contributed by atoms with Gasteiger partial charge in [-0.3, -0.25) is 0 Å². The molecule has 98 valence electrons. The fourth-order valence-electron chi connectivity index (χ4n) is 1.52. The Labute approximate surface area is 104 Å². The van der Waals surface area contributed by atoms with E-state index in [4.69, 9.17) is 4.74 Å². The Kier molecular flexibility index (Phi) is 6.70. The number of nitrogens with zero attached hydrogens (tertiary/aromatic N) is 2. The van der Waals surface area contributed by atoms with Gasteiger partial charge in [0.25, 0.3) is 0 Å². The zero-order chi connectivity index (χ0) is 12.5. The molecular weight excluding hydrogens is 214 g/mol. The molecule has 0 saturated heterocycles. The van der Waals surface area contributed by atoms with E-state index >= 15 is 0 Å². The molecule has 4 heteroatoms. The van der Waals surface area contributed by atoms with E-state index in [2.05, 4.69) is 35.6 Å². The molecule has 1 aromatic heterocycles. The van der Waals surface area contributed by atoms with Crippen molar-refractivity contribution in [1.82, 2.24) is 9.55 Å². The summed E-state index contributed by atoms with van der Waals surface area (Å²) in [6.07, 6.45) is 6.20. The van der Waals surface area contributed by atoms with Crippen molar-refractivity contribution >= 4 is 5.95 Å². The molecule has 4 nitrogen and oxygen atoms in total. The summed E-state index contributed by atoms with van der Waals surface area (Å²) in [4.78, 5) is 4.30. The van der Waals surface area contributed by atoms with Crippen molar-refractivity contribution in [2.45, 2.75) is 40.2 Å². The lowest BCUT2D eigenvalue weighted by Crippen LogP contribution is -2.13. The Morgan fingerprint density at radius 3 is 3.00 bits per heavy atom. The molecule has 0 unspecified atom stereocenters. The third-order valence-corrected chi connectivity index (χ3v) is 2.46. The first-order valence-corrected chi connectivity index (χ1v) is 6.56. The van der Waals surface area contributed by atoms with Crippen LogP contribution in [0, 0.1) is 5.92 Å². The van der Waals surface area contributed by atoms with Crippen molar-refractivity contribution in [1.29, 1.82) is 0 Å². The van der Waals surface area contributed by atoms with Crippen LogP contribution in [0.4, 0.5) is 5.95 Å². The highest BCUT2D eigenvalue weighted by Crippen LogP contribution is 2.04. The van der Waals surface area contributed by atoms with E-state index in [0.29, 0.717) is 5.92 Å². The van der Waals surface area contributed by atoms with Gasteiger partial charge in [0, 0.05) is 32.1 Å². The minimum atomic E-state index is 0.597. The van der Waals surface area contributed by atoms with Crippen LogP contribution in [0.2, 0.25) is 0 Å². The molecule has 0 saturated carbocycles. The molecule has 17 heavy (non-hydrogen) atoms. The highest BCUT2D eigenvalue weighted by molar-refractivity contribution is 5.25. The Balaban J connectivity index is 2.25. The maximum Gasteiger partial charge on any atom is 0.202 e. The van der Waals surface area contributed by atoms with Crippen LogP contribution in [0.3, 0.4) is 0 Å². The van der Waals surface area contributed by atoms with Crippen LogP contribution >= 0.6 is 0 Å². The summed E-state index contributed by atoms with van der Waals surface area (Å²) in [5.74, 6) is 1.55. The van der Waals surface area contributed by atoms with Gasteiger partial charge in [-0.2, -0.15) is 0 Å². The standard InChI is InChI=1S/C13H25N3O/c1-4-5-6-14-13-15-7-8-16(13)9-10-17-11-12(2)3/h7-8,12H,4-6,9-11H2,1-3H3,(H,14,15). The van der Waals surface area contributed by atoms with Gasteiger partial charge in [-0.05, 0) is 12.3 Å². The smallest absolute Gasteiger partial charge is 0.202 e. The topological polar surface area (TPSA) is 39.1 Å². The third kappa shape index (κ3) is 5.73. The van der Waals surface area contributed by atoms with Crippen LogP contribution in [-0.4, -0.2) is 29.3 Å². The summed E-state index contributed by atoms with van der Waals surface area (Å²) < 4.78 is 7.68. The molecule has 0 aromatic carbocycles. The van der Waals surface area contributed by atoms with E-state index in [1.54, 1.807) is 0 Å². The average Bonchev–Trinajstić information content (AvgIpc) is 2.72. The normalized spacial score (nSPS) is 11.1. The molecule has 0 aliphatic carbocycles. The van der Waals surface area contributed by atoms with E-state index in [1.807, 2.05) is 12.4 Å². The Morgan fingerprint density at radius 1 is 1.47 bits per heavy atom. The fourth-order valence-corrected chi connectivity index (χ4v) is 1.52. The lowest BCUT2D eigenvalue weighted by Gasteiger charge is -2.10. The Bertz CT molecular complexity index is 297. The molecule has 0 bridgehead atoms. The fraction of sp³-hybridized carbons (Fsp3) is 0.769. The Morgan fingerprint density at radius 2 is 2.29 bits per heavy atom. The summed E-state index contributed by atoms with van der Waals surface area (Å²) in [7, 11) is 0. The summed E-state index contributed by atoms with van der Waals surface area (Å²) in [6, 6.07) is 0. The van der Waals surface area contributed by atoms with Gasteiger partial charge in [0.15, 0.2) is 0 Å². The first-order chi connectivity index (χ1) is 8.24. The average molecular weight is 239 g/mol. The van der Waals surface area contributed by atoms with Gasteiger partial charge in [-0.1, -0.05) is 27.2 Å². The summed E-state index contributed by atoms with van der Waals surface area (Å²) in [5.41, 5.74) is 0. The van der Waals surface area contributed by atoms with Gasteiger partial charge in [0.1, 0.15) is 0 Å². The number of aromatic nitrogens is 2. The maximum absolute atomic E-state index is 5.57. The molecule has 1 rings (SSSR count). The number of anilines is 1. The summed E-state index contributed by atoms with van der Waals surface area (Å²) in [6.45, 7) is 9.93. The molecular formula is C13H25N3O. The summed E-state index contributed by atoms with van der Waals surface area (Å²) >= 11 is 0. The van der Waals surface area contributed by atoms with Crippen molar-refractivity contribution in [2.75, 3.05) is 25.1 Å². The molecule has 0 amide bonds. The number of hydrogen-bond donors (Lipinski definition) is 1. The first-order valence-electron chi connectivity index (χ1n) is 6.56. The van der Waals surface area contributed by atoms with Gasteiger partial charge in [-0.15, -0.1) is 0 Å². The molecule has 0 radical (unpaired) electrons. The molecule has 0 spiro atoms. The van der Waals surface area contributed by atoms with Crippen LogP contribution in [0.15, 0.2) is 12.4 Å². The van der Waals surface area contributed by atoms with Crippen LogP contribution in [0.5, 0.6) is 0 Å². The minimum Gasteiger partial charge on any atom is -0.379 e. The van der Waals surface area contributed by atoms with Crippen molar-refractivity contribution in [3.05, 3.63) is 12.4 Å². The van der Waals surface area contributed by atoms with E-state index < -0.39 is 0 Å². The minimum absolute atomic E-state index is 0.597. The first kappa shape index (κ1) is 14.0. The second-order valence-corrected chi connectivity index (χ2v) is 4.69. The lowest BCUT2D eigenvalue weighted by molar-refractivity contribution is 0.103. The highest BCUT2D eigenvalue weighted by atomic mass is 16.5. The third-order valence-electron chi connectivity index (χ3n) is 2.46. The van der Waals surface area contributed by atoms with E-state index in [9.17, 15) is 0 Å². The monoisotopic (exact) mass is 239 g/mol. The molecule has 0 aliphatic heterocycles. The van der Waals surface area contributed by atoms with Gasteiger partial charge >= 0.3 is 0 Å². The SMILES string of the molecule is CCCCNc1nccn1CCOCC(C)C. The van der Waals surface area contributed by atoms with Gasteiger partial charge in [0.2, 0.25) is 5.95 Å². The summed E-state index contributed by atoms with van der Waals surface area (Å²) in [5, 5.41) is 3.34. The number of nitrogens with one attached hydrogen (secondary N) is 1. The van der Waals surface area contributed by atoms with Gasteiger partial charge in [0.05, 0.1) is 6.61 Å². The lowest BCUT2D eigenvalue weighted by atomic mass is 10.2. The highest BCUT2D eigenvalue weighted by Gasteiger charge is 2.01. The van der Waals surface area contributed by atoms with Crippen LogP contribution < -0.4 is 5.32 Å². The predicted molar refractivity (Wildman–Crippen MR) is 71.3 cm³/mol. The van der Waals surface area contributed by atoms with E-state index in [1.165, 1.54) is 12.8 Å². The predicted octanol–water partition coefficient (Wildman–Crippen LogP) is 2.77. The van der Waals surface area contributed by atoms with Crippen molar-refractivity contribution in [2.24, 2.45) is 5.92 Å².